The fourth-order valence-corrected chi connectivity index (χ4v) is 4.47. The molecule has 2 aliphatic rings. The molecule has 34 heavy (non-hydrogen) atoms. The van der Waals surface area contributed by atoms with Crippen molar-refractivity contribution in [1.29, 1.82) is 0 Å². The van der Waals surface area contributed by atoms with E-state index in [0.29, 0.717) is 42.0 Å². The molecule has 1 N–H and O–H groups in total. The van der Waals surface area contributed by atoms with Gasteiger partial charge in [0.15, 0.2) is 0 Å². The van der Waals surface area contributed by atoms with Crippen LogP contribution >= 0.6 is 0 Å². The van der Waals surface area contributed by atoms with Gasteiger partial charge in [-0.25, -0.2) is 4.39 Å². The maximum absolute atomic E-state index is 13.4. The van der Waals surface area contributed by atoms with Gasteiger partial charge in [-0.15, -0.1) is 0 Å². The van der Waals surface area contributed by atoms with Crippen LogP contribution in [0.15, 0.2) is 53.5 Å². The predicted molar refractivity (Wildman–Crippen MR) is 131 cm³/mol. The molecule has 1 aliphatic heterocycles. The van der Waals surface area contributed by atoms with Crippen LogP contribution in [0.5, 0.6) is 5.75 Å². The molecule has 0 spiro atoms. The van der Waals surface area contributed by atoms with Gasteiger partial charge in [0.25, 0.3) is 11.5 Å². The van der Waals surface area contributed by atoms with Crippen molar-refractivity contribution in [2.45, 2.75) is 44.8 Å². The Kier molecular flexibility index (Phi) is 6.37. The van der Waals surface area contributed by atoms with Crippen LogP contribution in [0.4, 0.5) is 4.39 Å². The summed E-state index contributed by atoms with van der Waals surface area (Å²) in [6.45, 7) is 4.57. The van der Waals surface area contributed by atoms with Gasteiger partial charge in [0.2, 0.25) is 0 Å². The summed E-state index contributed by atoms with van der Waals surface area (Å²) in [6, 6.07) is 13.2. The summed E-state index contributed by atoms with van der Waals surface area (Å²) in [5.41, 5.74) is 2.00. The second kappa shape index (κ2) is 9.58. The molecule has 1 aromatic heterocycles. The number of amides is 1. The number of alkyl halides is 1. The number of likely N-dealkylation sites (tertiary alicyclic amines) is 1. The van der Waals surface area contributed by atoms with E-state index in [-0.39, 0.29) is 17.5 Å². The van der Waals surface area contributed by atoms with Crippen LogP contribution in [0.2, 0.25) is 0 Å². The zero-order valence-corrected chi connectivity index (χ0v) is 19.4. The van der Waals surface area contributed by atoms with Gasteiger partial charge in [-0.3, -0.25) is 14.2 Å². The first-order valence-corrected chi connectivity index (χ1v) is 12.0. The smallest absolute Gasteiger partial charge is 0.263 e. The fourth-order valence-electron chi connectivity index (χ4n) is 4.47. The van der Waals surface area contributed by atoms with E-state index in [1.54, 1.807) is 29.0 Å². The Morgan fingerprint density at radius 2 is 2.00 bits per heavy atom. The van der Waals surface area contributed by atoms with Gasteiger partial charge < -0.3 is 15.0 Å². The van der Waals surface area contributed by atoms with Crippen molar-refractivity contribution in [2.24, 2.45) is 0 Å². The van der Waals surface area contributed by atoms with Crippen LogP contribution in [0.1, 0.15) is 41.6 Å². The quantitative estimate of drug-likeness (QED) is 0.513. The number of hydrogen-bond acceptors (Lipinski definition) is 4. The lowest BCUT2D eigenvalue weighted by atomic mass is 10.1. The minimum Gasteiger partial charge on any atom is -0.494 e. The van der Waals surface area contributed by atoms with Gasteiger partial charge >= 0.3 is 0 Å². The molecule has 2 fully saturated rings. The summed E-state index contributed by atoms with van der Waals surface area (Å²) >= 11 is 0. The zero-order chi connectivity index (χ0) is 23.7. The molecule has 1 aliphatic carbocycles. The number of carbonyl (C=O) groups excluding carboxylic acids is 1. The number of benzene rings is 2. The molecular formula is C27H30FN3O3. The van der Waals surface area contributed by atoms with Crippen molar-refractivity contribution in [1.82, 2.24) is 14.8 Å². The molecule has 2 aromatic carbocycles. The Morgan fingerprint density at radius 1 is 1.15 bits per heavy atom. The third kappa shape index (κ3) is 4.99. The van der Waals surface area contributed by atoms with Gasteiger partial charge in [0.1, 0.15) is 11.9 Å². The zero-order valence-electron chi connectivity index (χ0n) is 19.4. The molecule has 0 radical (unpaired) electrons. The number of ether oxygens (including phenoxy) is 1. The van der Waals surface area contributed by atoms with E-state index >= 15 is 0 Å². The van der Waals surface area contributed by atoms with Gasteiger partial charge in [0.05, 0.1) is 17.7 Å². The van der Waals surface area contributed by atoms with E-state index in [9.17, 15) is 14.0 Å². The fraction of sp³-hybridized carbons (Fsp3) is 0.407. The lowest BCUT2D eigenvalue weighted by Crippen LogP contribution is -2.26. The van der Waals surface area contributed by atoms with E-state index in [4.69, 9.17) is 4.74 Å². The van der Waals surface area contributed by atoms with E-state index < -0.39 is 6.17 Å². The number of rotatable bonds is 8. The highest BCUT2D eigenvalue weighted by molar-refractivity contribution is 5.95. The SMILES string of the molecule is Cc1ccc(C(=O)NC2CC2)cc1-n1ccc2ccc(OCCCN3CC[C@H](F)C3)cc2c1=O. The van der Waals surface area contributed by atoms with Crippen molar-refractivity contribution in [3.8, 4) is 11.4 Å². The molecule has 178 valence electrons. The van der Waals surface area contributed by atoms with Gasteiger partial charge in [-0.05, 0) is 73.9 Å². The number of nitrogens with zero attached hydrogens (tertiary/aromatic N) is 2. The molecule has 7 heteroatoms. The van der Waals surface area contributed by atoms with Gasteiger partial charge in [-0.2, -0.15) is 0 Å². The minimum absolute atomic E-state index is 0.107. The van der Waals surface area contributed by atoms with Crippen LogP contribution in [0.25, 0.3) is 16.5 Å². The van der Waals surface area contributed by atoms with Gasteiger partial charge in [0, 0.05) is 37.4 Å². The Morgan fingerprint density at radius 3 is 2.76 bits per heavy atom. The number of carbonyl (C=O) groups is 1. The lowest BCUT2D eigenvalue weighted by Gasteiger charge is -2.15. The number of halogens is 1. The highest BCUT2D eigenvalue weighted by Gasteiger charge is 2.24. The van der Waals surface area contributed by atoms with Crippen LogP contribution in [-0.4, -0.2) is 53.8 Å². The summed E-state index contributed by atoms with van der Waals surface area (Å²) in [7, 11) is 0. The van der Waals surface area contributed by atoms with E-state index in [1.165, 1.54) is 0 Å². The van der Waals surface area contributed by atoms with Crippen molar-refractivity contribution >= 4 is 16.7 Å². The molecule has 2 heterocycles. The van der Waals surface area contributed by atoms with Crippen LogP contribution in [0, 0.1) is 6.92 Å². The van der Waals surface area contributed by atoms with E-state index in [0.717, 1.165) is 43.3 Å². The third-order valence-electron chi connectivity index (χ3n) is 6.62. The first-order valence-electron chi connectivity index (χ1n) is 12.0. The number of aryl methyl sites for hydroxylation is 1. The number of hydrogen-bond donors (Lipinski definition) is 1. The molecule has 1 saturated heterocycles. The predicted octanol–water partition coefficient (Wildman–Crippen LogP) is 4.00. The molecule has 0 bridgehead atoms. The normalized spacial score (nSPS) is 18.4. The highest BCUT2D eigenvalue weighted by Crippen LogP contribution is 2.23. The third-order valence-corrected chi connectivity index (χ3v) is 6.62. The number of pyridine rings is 1. The summed E-state index contributed by atoms with van der Waals surface area (Å²) < 4.78 is 20.8. The Balaban J connectivity index is 1.34. The van der Waals surface area contributed by atoms with E-state index in [2.05, 4.69) is 10.2 Å². The summed E-state index contributed by atoms with van der Waals surface area (Å²) in [5.74, 6) is 0.533. The van der Waals surface area contributed by atoms with Crippen molar-refractivity contribution in [3.05, 3.63) is 70.1 Å². The van der Waals surface area contributed by atoms with Crippen molar-refractivity contribution in [3.63, 3.8) is 0 Å². The van der Waals surface area contributed by atoms with Crippen LogP contribution < -0.4 is 15.6 Å². The average Bonchev–Trinajstić information content (AvgIpc) is 3.55. The summed E-state index contributed by atoms with van der Waals surface area (Å²) in [5, 5.41) is 4.40. The highest BCUT2D eigenvalue weighted by atomic mass is 19.1. The standard InChI is InChI=1S/C27H30FN3O3/c1-18-3-4-20(26(32)29-22-6-7-22)15-25(18)31-13-9-19-5-8-23(16-24(19)27(31)33)34-14-2-11-30-12-10-21(28)17-30/h3-5,8-9,13,15-16,21-22H,2,6-7,10-12,14,17H2,1H3,(H,29,32)/t21-/m0/s1. The number of fused-ring (bicyclic) bond motifs is 1. The molecule has 5 rings (SSSR count). The Labute approximate surface area is 198 Å². The lowest BCUT2D eigenvalue weighted by molar-refractivity contribution is 0.0951. The van der Waals surface area contributed by atoms with E-state index in [1.807, 2.05) is 31.2 Å². The molecular weight excluding hydrogens is 433 g/mol. The molecule has 1 saturated carbocycles. The number of nitrogens with one attached hydrogen (secondary N) is 1. The van der Waals surface area contributed by atoms with Gasteiger partial charge in [-0.1, -0.05) is 12.1 Å². The second-order valence-electron chi connectivity index (χ2n) is 9.38. The summed E-state index contributed by atoms with van der Waals surface area (Å²) in [4.78, 5) is 28.0. The topological polar surface area (TPSA) is 63.6 Å². The first kappa shape index (κ1) is 22.6. The number of aromatic nitrogens is 1. The molecule has 1 atom stereocenters. The monoisotopic (exact) mass is 463 g/mol. The van der Waals surface area contributed by atoms with Crippen molar-refractivity contribution < 1.29 is 13.9 Å². The Hall–Kier alpha value is -3.19. The maximum Gasteiger partial charge on any atom is 0.263 e. The second-order valence-corrected chi connectivity index (χ2v) is 9.38. The average molecular weight is 464 g/mol. The minimum atomic E-state index is -0.708. The van der Waals surface area contributed by atoms with Crippen LogP contribution in [-0.2, 0) is 0 Å². The maximum atomic E-state index is 13.4. The van der Waals surface area contributed by atoms with Crippen molar-refractivity contribution in [2.75, 3.05) is 26.2 Å². The molecule has 0 unspecified atom stereocenters. The largest absolute Gasteiger partial charge is 0.494 e. The van der Waals surface area contributed by atoms with Crippen LogP contribution in [0.3, 0.4) is 0 Å². The molecule has 6 nitrogen and oxygen atoms in total. The molecule has 1 amide bonds. The summed E-state index contributed by atoms with van der Waals surface area (Å²) in [6.07, 6.45) is 4.51. The first-order chi connectivity index (χ1) is 16.5. The molecule has 3 aromatic rings. The Bertz CT molecular complexity index is 1270.